The summed E-state index contributed by atoms with van der Waals surface area (Å²) in [5.74, 6) is -0.219. The van der Waals surface area contributed by atoms with Gasteiger partial charge in [0, 0.05) is 6.07 Å². The highest BCUT2D eigenvalue weighted by atomic mass is 32.2. The molecule has 0 unspecified atom stereocenters. The fourth-order valence-corrected chi connectivity index (χ4v) is 1.33. The van der Waals surface area contributed by atoms with Gasteiger partial charge in [-0.3, -0.25) is 9.83 Å². The lowest BCUT2D eigenvalue weighted by molar-refractivity contribution is 0.355. The molecule has 0 aliphatic rings. The van der Waals surface area contributed by atoms with Crippen LogP contribution in [0.15, 0.2) is 24.3 Å². The van der Waals surface area contributed by atoms with Gasteiger partial charge < -0.3 is 0 Å². The van der Waals surface area contributed by atoms with Crippen LogP contribution in [0.5, 0.6) is 5.75 Å². The number of benzene rings is 1. The zero-order valence-electron chi connectivity index (χ0n) is 6.44. The van der Waals surface area contributed by atoms with E-state index in [2.05, 4.69) is 4.72 Å². The van der Waals surface area contributed by atoms with Crippen LogP contribution in [0.4, 0.5) is 5.69 Å². The van der Waals surface area contributed by atoms with Crippen LogP contribution in [0.2, 0.25) is 0 Å². The molecule has 1 N–H and O–H groups in total. The first kappa shape index (κ1) is 8.86. The minimum absolute atomic E-state index is 0.219. The molecule has 1 radical (unpaired) electrons. The number of sulfonamides is 1. The summed E-state index contributed by atoms with van der Waals surface area (Å²) in [5.41, 5.74) is 0.296. The third-order valence-electron chi connectivity index (χ3n) is 1.14. The van der Waals surface area contributed by atoms with Crippen LogP contribution in [0.3, 0.4) is 0 Å². The first-order valence-corrected chi connectivity index (χ1v) is 5.11. The van der Waals surface area contributed by atoms with Gasteiger partial charge in [-0.2, -0.15) is 0 Å². The minimum Gasteiger partial charge on any atom is -0.290 e. The van der Waals surface area contributed by atoms with Gasteiger partial charge >= 0.3 is 0 Å². The summed E-state index contributed by atoms with van der Waals surface area (Å²) in [6.45, 7) is 0. The van der Waals surface area contributed by atoms with E-state index in [0.717, 1.165) is 6.26 Å². The van der Waals surface area contributed by atoms with Crippen molar-refractivity contribution in [1.29, 1.82) is 0 Å². The Morgan fingerprint density at radius 1 is 1.33 bits per heavy atom. The molecule has 4 nitrogen and oxygen atoms in total. The molecule has 0 aromatic heterocycles. The van der Waals surface area contributed by atoms with Crippen molar-refractivity contribution in [3.63, 3.8) is 0 Å². The van der Waals surface area contributed by atoms with Gasteiger partial charge in [0.05, 0.1) is 11.9 Å². The standard InChI is InChI=1S/C7H8NO3S/c1-12(10,11)8-6-3-2-4-7(9)5-6/h2-5,8H,1H3. The van der Waals surface area contributed by atoms with Crippen LogP contribution in [-0.2, 0) is 15.1 Å². The van der Waals surface area contributed by atoms with E-state index in [1.165, 1.54) is 24.3 Å². The number of nitrogens with one attached hydrogen (secondary N) is 1. The average molecular weight is 186 g/mol. The molecule has 0 spiro atoms. The molecule has 0 amide bonds. The minimum atomic E-state index is -3.28. The Hall–Kier alpha value is -1.23. The van der Waals surface area contributed by atoms with Crippen LogP contribution in [0, 0.1) is 0 Å². The topological polar surface area (TPSA) is 66.1 Å². The average Bonchev–Trinajstić information content (AvgIpc) is 1.82. The molecule has 1 aromatic rings. The van der Waals surface area contributed by atoms with Gasteiger partial charge in [-0.15, -0.1) is 0 Å². The molecule has 1 aromatic carbocycles. The van der Waals surface area contributed by atoms with E-state index in [1.807, 2.05) is 0 Å². The predicted octanol–water partition coefficient (Wildman–Crippen LogP) is 1.20. The lowest BCUT2D eigenvalue weighted by atomic mass is 10.3. The number of anilines is 1. The number of hydrogen-bond donors (Lipinski definition) is 1. The van der Waals surface area contributed by atoms with Crippen molar-refractivity contribution in [3.05, 3.63) is 24.3 Å². The number of rotatable bonds is 2. The largest absolute Gasteiger partial charge is 0.290 e. The fourth-order valence-electron chi connectivity index (χ4n) is 0.774. The summed E-state index contributed by atoms with van der Waals surface area (Å²) >= 11 is 0. The van der Waals surface area contributed by atoms with Gasteiger partial charge in [-0.1, -0.05) is 6.07 Å². The predicted molar refractivity (Wildman–Crippen MR) is 45.0 cm³/mol. The van der Waals surface area contributed by atoms with Crippen LogP contribution in [0.25, 0.3) is 0 Å². The molecule has 0 atom stereocenters. The van der Waals surface area contributed by atoms with Gasteiger partial charge in [0.2, 0.25) is 10.0 Å². The molecule has 0 saturated carbocycles. The molecule has 0 aliphatic carbocycles. The van der Waals surface area contributed by atoms with Crippen molar-refractivity contribution in [2.24, 2.45) is 0 Å². The lowest BCUT2D eigenvalue weighted by Crippen LogP contribution is -2.09. The van der Waals surface area contributed by atoms with E-state index in [9.17, 15) is 13.5 Å². The summed E-state index contributed by atoms with van der Waals surface area (Å²) in [5, 5.41) is 10.7. The SMILES string of the molecule is CS(=O)(=O)Nc1cccc([O])c1. The van der Waals surface area contributed by atoms with Crippen molar-refractivity contribution >= 4 is 15.7 Å². The maximum absolute atomic E-state index is 10.7. The first-order chi connectivity index (χ1) is 5.47. The Labute approximate surface area is 70.9 Å². The van der Waals surface area contributed by atoms with Crippen LogP contribution < -0.4 is 4.72 Å². The molecule has 5 heteroatoms. The quantitative estimate of drug-likeness (QED) is 0.754. The molecular formula is C7H8NO3S. The first-order valence-electron chi connectivity index (χ1n) is 3.22. The van der Waals surface area contributed by atoms with Gasteiger partial charge in [0.15, 0.2) is 5.75 Å². The zero-order chi connectivity index (χ0) is 9.19. The fraction of sp³-hybridized carbons (Fsp3) is 0.143. The molecule has 0 bridgehead atoms. The Bertz CT molecular complexity index is 372. The van der Waals surface area contributed by atoms with Crippen molar-refractivity contribution in [3.8, 4) is 5.75 Å². The number of hydrogen-bond acceptors (Lipinski definition) is 2. The van der Waals surface area contributed by atoms with Crippen molar-refractivity contribution in [1.82, 2.24) is 0 Å². The van der Waals surface area contributed by atoms with Gasteiger partial charge in [-0.05, 0) is 12.1 Å². The Morgan fingerprint density at radius 2 is 2.00 bits per heavy atom. The molecule has 65 valence electrons. The van der Waals surface area contributed by atoms with Gasteiger partial charge in [0.25, 0.3) is 0 Å². The van der Waals surface area contributed by atoms with E-state index in [1.54, 1.807) is 0 Å². The summed E-state index contributed by atoms with van der Waals surface area (Å²) in [6.07, 6.45) is 1.03. The van der Waals surface area contributed by atoms with Crippen molar-refractivity contribution in [2.75, 3.05) is 11.0 Å². The Kier molecular flexibility index (Phi) is 2.23. The maximum atomic E-state index is 10.7. The van der Waals surface area contributed by atoms with E-state index >= 15 is 0 Å². The third-order valence-corrected chi connectivity index (χ3v) is 1.74. The summed E-state index contributed by atoms with van der Waals surface area (Å²) < 4.78 is 23.6. The monoisotopic (exact) mass is 186 g/mol. The molecule has 0 heterocycles. The summed E-state index contributed by atoms with van der Waals surface area (Å²) in [6, 6.07) is 5.59. The Balaban J connectivity index is 2.91. The highest BCUT2D eigenvalue weighted by Gasteiger charge is 2.01. The van der Waals surface area contributed by atoms with Crippen LogP contribution in [-0.4, -0.2) is 14.7 Å². The normalized spacial score (nSPS) is 11.1. The second-order valence-corrected chi connectivity index (χ2v) is 4.15. The molecular weight excluding hydrogens is 178 g/mol. The van der Waals surface area contributed by atoms with Gasteiger partial charge in [0.1, 0.15) is 0 Å². The van der Waals surface area contributed by atoms with Gasteiger partial charge in [-0.25, -0.2) is 8.42 Å². The summed E-state index contributed by atoms with van der Waals surface area (Å²) in [7, 11) is -3.28. The van der Waals surface area contributed by atoms with Crippen molar-refractivity contribution < 1.29 is 13.5 Å². The zero-order valence-corrected chi connectivity index (χ0v) is 7.26. The van der Waals surface area contributed by atoms with E-state index in [4.69, 9.17) is 0 Å². The maximum Gasteiger partial charge on any atom is 0.229 e. The van der Waals surface area contributed by atoms with E-state index in [-0.39, 0.29) is 5.75 Å². The van der Waals surface area contributed by atoms with E-state index in [0.29, 0.717) is 5.69 Å². The summed E-state index contributed by atoms with van der Waals surface area (Å²) in [4.78, 5) is 0. The molecule has 0 fully saturated rings. The molecule has 0 saturated heterocycles. The highest BCUT2D eigenvalue weighted by Crippen LogP contribution is 2.16. The smallest absolute Gasteiger partial charge is 0.229 e. The lowest BCUT2D eigenvalue weighted by Gasteiger charge is -2.01. The van der Waals surface area contributed by atoms with Crippen molar-refractivity contribution in [2.45, 2.75) is 0 Å². The molecule has 1 rings (SSSR count). The highest BCUT2D eigenvalue weighted by molar-refractivity contribution is 7.92. The second kappa shape index (κ2) is 3.02. The molecule has 0 aliphatic heterocycles. The van der Waals surface area contributed by atoms with Crippen LogP contribution >= 0.6 is 0 Å². The van der Waals surface area contributed by atoms with Crippen LogP contribution in [0.1, 0.15) is 0 Å². The Morgan fingerprint density at radius 3 is 2.50 bits per heavy atom. The molecule has 12 heavy (non-hydrogen) atoms. The van der Waals surface area contributed by atoms with E-state index < -0.39 is 10.0 Å². The third kappa shape index (κ3) is 2.79. The second-order valence-electron chi connectivity index (χ2n) is 2.40.